The molecule has 7 heteroatoms. The van der Waals surface area contributed by atoms with E-state index in [0.717, 1.165) is 10.0 Å². The van der Waals surface area contributed by atoms with Crippen molar-refractivity contribution < 1.29 is 19.1 Å². The minimum Gasteiger partial charge on any atom is -0.467 e. The molecular formula is C19H19BrN2O4. The molecule has 0 aliphatic rings. The Morgan fingerprint density at radius 1 is 1.12 bits per heavy atom. The lowest BCUT2D eigenvalue weighted by molar-refractivity contribution is -0.142. The molecule has 0 radical (unpaired) electrons. The molecule has 0 spiro atoms. The van der Waals surface area contributed by atoms with Crippen LogP contribution < -0.4 is 10.6 Å². The highest BCUT2D eigenvalue weighted by Gasteiger charge is 2.22. The van der Waals surface area contributed by atoms with Crippen LogP contribution in [0, 0.1) is 0 Å². The molecule has 2 aromatic rings. The van der Waals surface area contributed by atoms with Crippen LogP contribution in [0.5, 0.6) is 0 Å². The van der Waals surface area contributed by atoms with Crippen LogP contribution in [0.4, 0.5) is 5.69 Å². The predicted molar refractivity (Wildman–Crippen MR) is 102 cm³/mol. The van der Waals surface area contributed by atoms with Gasteiger partial charge in [0.15, 0.2) is 0 Å². The number of carbonyl (C=O) groups excluding carboxylic acids is 3. The molecule has 26 heavy (non-hydrogen) atoms. The molecule has 136 valence electrons. The predicted octanol–water partition coefficient (Wildman–Crippen LogP) is 2.92. The zero-order valence-electron chi connectivity index (χ0n) is 14.4. The van der Waals surface area contributed by atoms with Crippen molar-refractivity contribution in [2.45, 2.75) is 19.4 Å². The van der Waals surface area contributed by atoms with Gasteiger partial charge >= 0.3 is 5.97 Å². The lowest BCUT2D eigenvalue weighted by atomic mass is 10.1. The number of halogens is 1. The summed E-state index contributed by atoms with van der Waals surface area (Å²) in [6, 6.07) is 13.1. The summed E-state index contributed by atoms with van der Waals surface area (Å²) in [6.45, 7) is 1.41. The number of nitrogens with one attached hydrogen (secondary N) is 2. The molecule has 2 rings (SSSR count). The zero-order valence-corrected chi connectivity index (χ0v) is 16.0. The average molecular weight is 419 g/mol. The Morgan fingerprint density at radius 2 is 1.81 bits per heavy atom. The van der Waals surface area contributed by atoms with Gasteiger partial charge < -0.3 is 15.4 Å². The van der Waals surface area contributed by atoms with E-state index < -0.39 is 17.9 Å². The van der Waals surface area contributed by atoms with Gasteiger partial charge in [0.25, 0.3) is 5.91 Å². The molecule has 0 aromatic heterocycles. The fourth-order valence-corrected chi connectivity index (χ4v) is 2.83. The summed E-state index contributed by atoms with van der Waals surface area (Å²) in [5.74, 6) is -1.11. The highest BCUT2D eigenvalue weighted by atomic mass is 79.9. The summed E-state index contributed by atoms with van der Waals surface area (Å²) < 4.78 is 5.69. The number of esters is 1. The van der Waals surface area contributed by atoms with Gasteiger partial charge in [-0.1, -0.05) is 28.1 Å². The van der Waals surface area contributed by atoms with E-state index in [-0.39, 0.29) is 5.91 Å². The monoisotopic (exact) mass is 418 g/mol. The van der Waals surface area contributed by atoms with Crippen molar-refractivity contribution in [2.24, 2.45) is 0 Å². The third-order valence-electron chi connectivity index (χ3n) is 3.59. The number of hydrogen-bond acceptors (Lipinski definition) is 4. The summed E-state index contributed by atoms with van der Waals surface area (Å²) in [4.78, 5) is 35.5. The number of benzene rings is 2. The fourth-order valence-electron chi connectivity index (χ4n) is 2.38. The standard InChI is InChI=1S/C19H19BrN2O4/c1-12(23)21-16-8-6-14(7-9-16)18(24)22-17(19(25)26-2)11-13-4-3-5-15(20)10-13/h3-10,17H,11H2,1-2H3,(H,21,23)(H,22,24)/t17-/m0/s1. The number of rotatable bonds is 6. The number of anilines is 1. The summed E-state index contributed by atoms with van der Waals surface area (Å²) >= 11 is 3.38. The van der Waals surface area contributed by atoms with Crippen molar-refractivity contribution in [3.63, 3.8) is 0 Å². The second kappa shape index (κ2) is 9.15. The largest absolute Gasteiger partial charge is 0.467 e. The molecule has 0 heterocycles. The minimum absolute atomic E-state index is 0.193. The number of methoxy groups -OCH3 is 1. The molecule has 0 fully saturated rings. The van der Waals surface area contributed by atoms with Crippen molar-refractivity contribution in [1.29, 1.82) is 0 Å². The van der Waals surface area contributed by atoms with E-state index >= 15 is 0 Å². The van der Waals surface area contributed by atoms with Gasteiger partial charge in [-0.25, -0.2) is 4.79 Å². The van der Waals surface area contributed by atoms with E-state index in [1.165, 1.54) is 14.0 Å². The van der Waals surface area contributed by atoms with E-state index in [9.17, 15) is 14.4 Å². The Bertz CT molecular complexity index is 805. The highest BCUT2D eigenvalue weighted by Crippen LogP contribution is 2.14. The third-order valence-corrected chi connectivity index (χ3v) is 4.08. The zero-order chi connectivity index (χ0) is 19.1. The van der Waals surface area contributed by atoms with Gasteiger partial charge in [-0.2, -0.15) is 0 Å². The van der Waals surface area contributed by atoms with Crippen LogP contribution >= 0.6 is 15.9 Å². The quantitative estimate of drug-likeness (QED) is 0.706. The minimum atomic E-state index is -0.808. The van der Waals surface area contributed by atoms with E-state index in [4.69, 9.17) is 4.74 Å². The van der Waals surface area contributed by atoms with E-state index in [2.05, 4.69) is 26.6 Å². The number of amides is 2. The van der Waals surface area contributed by atoms with Gasteiger partial charge in [0.05, 0.1) is 7.11 Å². The fraction of sp³-hybridized carbons (Fsp3) is 0.211. The van der Waals surface area contributed by atoms with Crippen molar-refractivity contribution in [2.75, 3.05) is 12.4 Å². The molecule has 2 amide bonds. The van der Waals surface area contributed by atoms with Gasteiger partial charge in [-0.05, 0) is 42.0 Å². The van der Waals surface area contributed by atoms with Crippen molar-refractivity contribution in [3.05, 3.63) is 64.1 Å². The van der Waals surface area contributed by atoms with Gasteiger partial charge in [-0.15, -0.1) is 0 Å². The maximum atomic E-state index is 12.5. The van der Waals surface area contributed by atoms with Gasteiger partial charge in [0, 0.05) is 29.1 Å². The van der Waals surface area contributed by atoms with Crippen LogP contribution in [0.15, 0.2) is 53.0 Å². The van der Waals surface area contributed by atoms with E-state index in [1.54, 1.807) is 24.3 Å². The molecule has 1 atom stereocenters. The molecule has 0 saturated carbocycles. The Balaban J connectivity index is 2.10. The van der Waals surface area contributed by atoms with Crippen LogP contribution in [0.2, 0.25) is 0 Å². The highest BCUT2D eigenvalue weighted by molar-refractivity contribution is 9.10. The van der Waals surface area contributed by atoms with Crippen molar-refractivity contribution >= 4 is 39.4 Å². The summed E-state index contributed by atoms with van der Waals surface area (Å²) in [5.41, 5.74) is 1.85. The maximum Gasteiger partial charge on any atom is 0.328 e. The van der Waals surface area contributed by atoms with E-state index in [0.29, 0.717) is 17.7 Å². The van der Waals surface area contributed by atoms with Crippen molar-refractivity contribution in [1.82, 2.24) is 5.32 Å². The van der Waals surface area contributed by atoms with Crippen LogP contribution in [0.25, 0.3) is 0 Å². The molecule has 6 nitrogen and oxygen atoms in total. The molecule has 0 aliphatic heterocycles. The first-order valence-corrected chi connectivity index (χ1v) is 8.69. The Kier molecular flexibility index (Phi) is 6.91. The van der Waals surface area contributed by atoms with Crippen LogP contribution in [0.1, 0.15) is 22.8 Å². The molecule has 0 aliphatic carbocycles. The van der Waals surface area contributed by atoms with Gasteiger partial charge in [-0.3, -0.25) is 9.59 Å². The first-order chi connectivity index (χ1) is 12.4. The smallest absolute Gasteiger partial charge is 0.328 e. The third kappa shape index (κ3) is 5.70. The Hall–Kier alpha value is -2.67. The summed E-state index contributed by atoms with van der Waals surface area (Å²) in [5, 5.41) is 5.32. The molecule has 2 N–H and O–H groups in total. The first-order valence-electron chi connectivity index (χ1n) is 7.90. The Morgan fingerprint density at radius 3 is 2.38 bits per heavy atom. The second-order valence-electron chi connectivity index (χ2n) is 5.64. The van der Waals surface area contributed by atoms with Gasteiger partial charge in [0.1, 0.15) is 6.04 Å². The average Bonchev–Trinajstić information content (AvgIpc) is 2.60. The van der Waals surface area contributed by atoms with Gasteiger partial charge in [0.2, 0.25) is 5.91 Å². The lowest BCUT2D eigenvalue weighted by Crippen LogP contribution is -2.43. The van der Waals surface area contributed by atoms with E-state index in [1.807, 2.05) is 24.3 Å². The maximum absolute atomic E-state index is 12.5. The summed E-state index contributed by atoms with van der Waals surface area (Å²) in [6.07, 6.45) is 0.307. The summed E-state index contributed by atoms with van der Waals surface area (Å²) in [7, 11) is 1.28. The SMILES string of the molecule is COC(=O)[C@H](Cc1cccc(Br)c1)NC(=O)c1ccc(NC(C)=O)cc1. The molecule has 0 bridgehead atoms. The normalized spacial score (nSPS) is 11.3. The first kappa shape index (κ1) is 19.7. The number of ether oxygens (including phenoxy) is 1. The van der Waals surface area contributed by atoms with Crippen LogP contribution in [0.3, 0.4) is 0 Å². The molecule has 0 unspecified atom stereocenters. The molecular weight excluding hydrogens is 400 g/mol. The number of carbonyl (C=O) groups is 3. The molecule has 2 aromatic carbocycles. The van der Waals surface area contributed by atoms with Crippen LogP contribution in [-0.2, 0) is 20.7 Å². The molecule has 0 saturated heterocycles. The number of hydrogen-bond donors (Lipinski definition) is 2. The Labute approximate surface area is 160 Å². The lowest BCUT2D eigenvalue weighted by Gasteiger charge is -2.17. The topological polar surface area (TPSA) is 84.5 Å². The second-order valence-corrected chi connectivity index (χ2v) is 6.56. The van der Waals surface area contributed by atoms with Crippen molar-refractivity contribution in [3.8, 4) is 0 Å². The van der Waals surface area contributed by atoms with Crippen LogP contribution in [-0.4, -0.2) is 30.9 Å².